The summed E-state index contributed by atoms with van der Waals surface area (Å²) >= 11 is 0. The minimum Gasteiger partial charge on any atom is -0.396 e. The lowest BCUT2D eigenvalue weighted by Gasteiger charge is -2.15. The van der Waals surface area contributed by atoms with Gasteiger partial charge in [0.15, 0.2) is 11.6 Å². The van der Waals surface area contributed by atoms with Crippen LogP contribution < -0.4 is 0 Å². The summed E-state index contributed by atoms with van der Waals surface area (Å²) in [6.07, 6.45) is 0.974. The minimum absolute atomic E-state index is 0.0517. The number of rotatable bonds is 5. The van der Waals surface area contributed by atoms with Gasteiger partial charge in [0.1, 0.15) is 0 Å². The Labute approximate surface area is 117 Å². The van der Waals surface area contributed by atoms with Crippen LogP contribution in [0.15, 0.2) is 42.5 Å². The van der Waals surface area contributed by atoms with Crippen LogP contribution in [-0.4, -0.2) is 11.7 Å². The highest BCUT2D eigenvalue weighted by Gasteiger charge is 2.14. The summed E-state index contributed by atoms with van der Waals surface area (Å²) in [4.78, 5) is 0. The van der Waals surface area contributed by atoms with Crippen LogP contribution in [0.1, 0.15) is 16.7 Å². The van der Waals surface area contributed by atoms with Crippen LogP contribution in [-0.2, 0) is 12.8 Å². The SMILES string of the molecule is Cc1cccc(CC(CO)Cc2cccc(F)c2F)c1. The van der Waals surface area contributed by atoms with Crippen LogP contribution in [0, 0.1) is 24.5 Å². The van der Waals surface area contributed by atoms with Crippen molar-refractivity contribution < 1.29 is 13.9 Å². The van der Waals surface area contributed by atoms with E-state index >= 15 is 0 Å². The smallest absolute Gasteiger partial charge is 0.162 e. The molecule has 1 unspecified atom stereocenters. The van der Waals surface area contributed by atoms with Gasteiger partial charge in [-0.2, -0.15) is 0 Å². The fraction of sp³-hybridized carbons (Fsp3) is 0.294. The normalized spacial score (nSPS) is 12.4. The van der Waals surface area contributed by atoms with Crippen molar-refractivity contribution in [3.8, 4) is 0 Å². The first kappa shape index (κ1) is 14.7. The third-order valence-corrected chi connectivity index (χ3v) is 3.41. The predicted molar refractivity (Wildman–Crippen MR) is 75.5 cm³/mol. The maximum Gasteiger partial charge on any atom is 0.162 e. The van der Waals surface area contributed by atoms with E-state index in [1.165, 1.54) is 6.07 Å². The van der Waals surface area contributed by atoms with Crippen molar-refractivity contribution in [3.63, 3.8) is 0 Å². The van der Waals surface area contributed by atoms with Gasteiger partial charge in [0.25, 0.3) is 0 Å². The molecule has 0 aliphatic heterocycles. The predicted octanol–water partition coefficient (Wildman–Crippen LogP) is 3.67. The lowest BCUT2D eigenvalue weighted by atomic mass is 9.92. The standard InChI is InChI=1S/C17H18F2O/c1-12-4-2-5-13(8-12)9-14(11-20)10-15-6-3-7-16(18)17(15)19/h2-8,14,20H,9-11H2,1H3. The zero-order chi connectivity index (χ0) is 14.5. The molecular weight excluding hydrogens is 258 g/mol. The Balaban J connectivity index is 2.11. The molecule has 0 spiro atoms. The molecule has 0 aliphatic rings. The lowest BCUT2D eigenvalue weighted by Crippen LogP contribution is -2.14. The summed E-state index contributed by atoms with van der Waals surface area (Å²) in [5.41, 5.74) is 2.56. The highest BCUT2D eigenvalue weighted by Crippen LogP contribution is 2.19. The first-order valence-electron chi connectivity index (χ1n) is 6.69. The van der Waals surface area contributed by atoms with E-state index < -0.39 is 11.6 Å². The van der Waals surface area contributed by atoms with Gasteiger partial charge in [0.2, 0.25) is 0 Å². The van der Waals surface area contributed by atoms with Crippen LogP contribution in [0.3, 0.4) is 0 Å². The van der Waals surface area contributed by atoms with Gasteiger partial charge in [-0.05, 0) is 42.9 Å². The molecule has 1 N–H and O–H groups in total. The van der Waals surface area contributed by atoms with E-state index in [1.54, 1.807) is 6.07 Å². The highest BCUT2D eigenvalue weighted by atomic mass is 19.2. The molecule has 0 aromatic heterocycles. The van der Waals surface area contributed by atoms with Crippen molar-refractivity contribution in [2.24, 2.45) is 5.92 Å². The number of hydrogen-bond donors (Lipinski definition) is 1. The molecule has 0 radical (unpaired) electrons. The van der Waals surface area contributed by atoms with Gasteiger partial charge >= 0.3 is 0 Å². The molecule has 0 saturated heterocycles. The maximum atomic E-state index is 13.6. The van der Waals surface area contributed by atoms with Crippen molar-refractivity contribution in [3.05, 3.63) is 70.8 Å². The van der Waals surface area contributed by atoms with Gasteiger partial charge in [-0.1, -0.05) is 42.0 Å². The van der Waals surface area contributed by atoms with Gasteiger partial charge in [-0.3, -0.25) is 0 Å². The van der Waals surface area contributed by atoms with E-state index in [0.29, 0.717) is 18.4 Å². The van der Waals surface area contributed by atoms with Gasteiger partial charge in [0.05, 0.1) is 0 Å². The molecule has 20 heavy (non-hydrogen) atoms. The van der Waals surface area contributed by atoms with Crippen molar-refractivity contribution in [1.82, 2.24) is 0 Å². The maximum absolute atomic E-state index is 13.6. The Hall–Kier alpha value is -1.74. The number of aliphatic hydroxyl groups excluding tert-OH is 1. The third kappa shape index (κ3) is 3.64. The van der Waals surface area contributed by atoms with E-state index in [-0.39, 0.29) is 12.5 Å². The molecule has 0 heterocycles. The van der Waals surface area contributed by atoms with Crippen LogP contribution in [0.4, 0.5) is 8.78 Å². The van der Waals surface area contributed by atoms with Crippen molar-refractivity contribution in [2.45, 2.75) is 19.8 Å². The molecule has 2 rings (SSSR count). The second-order valence-corrected chi connectivity index (χ2v) is 5.16. The lowest BCUT2D eigenvalue weighted by molar-refractivity contribution is 0.223. The van der Waals surface area contributed by atoms with Crippen LogP contribution in [0.2, 0.25) is 0 Å². The monoisotopic (exact) mass is 276 g/mol. The fourth-order valence-electron chi connectivity index (χ4n) is 2.39. The first-order valence-corrected chi connectivity index (χ1v) is 6.69. The van der Waals surface area contributed by atoms with Gasteiger partial charge in [0, 0.05) is 6.61 Å². The summed E-state index contributed by atoms with van der Waals surface area (Å²) < 4.78 is 26.8. The molecule has 0 saturated carbocycles. The summed E-state index contributed by atoms with van der Waals surface area (Å²) in [7, 11) is 0. The quantitative estimate of drug-likeness (QED) is 0.883. The topological polar surface area (TPSA) is 20.2 Å². The van der Waals surface area contributed by atoms with Gasteiger partial charge in [-0.25, -0.2) is 8.78 Å². The molecule has 3 heteroatoms. The zero-order valence-electron chi connectivity index (χ0n) is 11.4. The Morgan fingerprint density at radius 1 is 1.05 bits per heavy atom. The average molecular weight is 276 g/mol. The van der Waals surface area contributed by atoms with E-state index in [9.17, 15) is 13.9 Å². The largest absolute Gasteiger partial charge is 0.396 e. The average Bonchev–Trinajstić information content (AvgIpc) is 2.43. The highest BCUT2D eigenvalue weighted by molar-refractivity contribution is 5.24. The van der Waals surface area contributed by atoms with E-state index in [0.717, 1.165) is 17.2 Å². The molecule has 0 amide bonds. The van der Waals surface area contributed by atoms with Gasteiger partial charge < -0.3 is 5.11 Å². The molecule has 2 aromatic carbocycles. The van der Waals surface area contributed by atoms with E-state index in [2.05, 4.69) is 0 Å². The van der Waals surface area contributed by atoms with Crippen molar-refractivity contribution in [1.29, 1.82) is 0 Å². The third-order valence-electron chi connectivity index (χ3n) is 3.41. The van der Waals surface area contributed by atoms with Crippen molar-refractivity contribution >= 4 is 0 Å². The van der Waals surface area contributed by atoms with E-state index in [1.807, 2.05) is 31.2 Å². The van der Waals surface area contributed by atoms with E-state index in [4.69, 9.17) is 0 Å². The first-order chi connectivity index (χ1) is 9.60. The van der Waals surface area contributed by atoms with Gasteiger partial charge in [-0.15, -0.1) is 0 Å². The molecule has 2 aromatic rings. The second kappa shape index (κ2) is 6.62. The van der Waals surface area contributed by atoms with Crippen LogP contribution >= 0.6 is 0 Å². The Kier molecular flexibility index (Phi) is 4.85. The minimum atomic E-state index is -0.838. The Morgan fingerprint density at radius 2 is 1.80 bits per heavy atom. The fourth-order valence-corrected chi connectivity index (χ4v) is 2.39. The molecule has 1 nitrogen and oxygen atoms in total. The summed E-state index contributed by atoms with van der Waals surface area (Å²) in [5.74, 6) is -1.77. The number of aliphatic hydroxyl groups is 1. The number of halogens is 2. The molecule has 0 bridgehead atoms. The number of hydrogen-bond acceptors (Lipinski definition) is 1. The molecular formula is C17H18F2O. The summed E-state index contributed by atoms with van der Waals surface area (Å²) in [6, 6.07) is 12.2. The van der Waals surface area contributed by atoms with Crippen LogP contribution in [0.25, 0.3) is 0 Å². The molecule has 0 fully saturated rings. The number of aryl methyl sites for hydroxylation is 1. The Morgan fingerprint density at radius 3 is 2.50 bits per heavy atom. The summed E-state index contributed by atoms with van der Waals surface area (Å²) in [6.45, 7) is 1.95. The Bertz CT molecular complexity index is 581. The van der Waals surface area contributed by atoms with Crippen molar-refractivity contribution in [2.75, 3.05) is 6.61 Å². The molecule has 106 valence electrons. The molecule has 1 atom stereocenters. The zero-order valence-corrected chi connectivity index (χ0v) is 11.4. The van der Waals surface area contributed by atoms with Crippen LogP contribution in [0.5, 0.6) is 0 Å². The molecule has 0 aliphatic carbocycles. The summed E-state index contributed by atoms with van der Waals surface area (Å²) in [5, 5.41) is 9.46. The number of benzene rings is 2. The second-order valence-electron chi connectivity index (χ2n) is 5.16.